The van der Waals surface area contributed by atoms with Crippen LogP contribution >= 0.6 is 0 Å². The van der Waals surface area contributed by atoms with Crippen LogP contribution in [0.5, 0.6) is 0 Å². The summed E-state index contributed by atoms with van der Waals surface area (Å²) in [4.78, 5) is 12.3. The Labute approximate surface area is 158 Å². The highest BCUT2D eigenvalue weighted by molar-refractivity contribution is 5.97. The van der Waals surface area contributed by atoms with Gasteiger partial charge < -0.3 is 4.74 Å². The van der Waals surface area contributed by atoms with Gasteiger partial charge in [-0.3, -0.25) is 0 Å². The van der Waals surface area contributed by atoms with Gasteiger partial charge in [0.05, 0.1) is 18.0 Å². The average Bonchev–Trinajstić information content (AvgIpc) is 3.13. The summed E-state index contributed by atoms with van der Waals surface area (Å²) in [6, 6.07) is 24.2. The maximum Gasteiger partial charge on any atom is 0.358 e. The lowest BCUT2D eigenvalue weighted by Crippen LogP contribution is -2.07. The summed E-state index contributed by atoms with van der Waals surface area (Å²) in [5, 5.41) is 6.84. The number of carbonyl (C=O) groups excluding carboxylic acids is 1. The number of rotatable bonds is 4. The van der Waals surface area contributed by atoms with E-state index in [0.717, 1.165) is 33.3 Å². The van der Waals surface area contributed by atoms with Gasteiger partial charge in [-0.1, -0.05) is 60.7 Å². The summed E-state index contributed by atoms with van der Waals surface area (Å²) >= 11 is 0. The van der Waals surface area contributed by atoms with Gasteiger partial charge in [0.2, 0.25) is 0 Å². The molecule has 27 heavy (non-hydrogen) atoms. The van der Waals surface area contributed by atoms with Gasteiger partial charge in [0.1, 0.15) is 0 Å². The number of fused-ring (bicyclic) bond motifs is 1. The highest BCUT2D eigenvalue weighted by Gasteiger charge is 2.19. The van der Waals surface area contributed by atoms with Crippen LogP contribution in [0.3, 0.4) is 0 Å². The van der Waals surface area contributed by atoms with Crippen molar-refractivity contribution in [3.63, 3.8) is 0 Å². The van der Waals surface area contributed by atoms with E-state index in [1.165, 1.54) is 0 Å². The van der Waals surface area contributed by atoms with Crippen LogP contribution < -0.4 is 0 Å². The molecule has 4 aromatic rings. The number of carbonyl (C=O) groups is 1. The molecule has 0 amide bonds. The predicted molar refractivity (Wildman–Crippen MR) is 107 cm³/mol. The molecule has 0 fully saturated rings. The molecule has 0 bridgehead atoms. The highest BCUT2D eigenvalue weighted by Crippen LogP contribution is 2.31. The topological polar surface area (TPSA) is 44.1 Å². The van der Waals surface area contributed by atoms with E-state index in [4.69, 9.17) is 4.74 Å². The summed E-state index contributed by atoms with van der Waals surface area (Å²) in [6.07, 6.45) is 0. The Balaban J connectivity index is 1.98. The summed E-state index contributed by atoms with van der Waals surface area (Å²) in [6.45, 7) is 4.15. The Morgan fingerprint density at radius 2 is 1.74 bits per heavy atom. The van der Waals surface area contributed by atoms with Crippen LogP contribution in [0.25, 0.3) is 27.7 Å². The Kier molecular flexibility index (Phi) is 4.47. The van der Waals surface area contributed by atoms with Gasteiger partial charge in [0.15, 0.2) is 5.69 Å². The maximum absolute atomic E-state index is 12.3. The minimum atomic E-state index is -0.411. The Morgan fingerprint density at radius 1 is 1.00 bits per heavy atom. The van der Waals surface area contributed by atoms with Crippen molar-refractivity contribution in [1.82, 2.24) is 9.78 Å². The largest absolute Gasteiger partial charge is 0.461 e. The molecule has 0 atom stereocenters. The molecule has 0 N–H and O–H groups in total. The van der Waals surface area contributed by atoms with Crippen LogP contribution in [0.4, 0.5) is 0 Å². The Bertz CT molecular complexity index is 1120. The monoisotopic (exact) mass is 356 g/mol. The molecule has 0 saturated carbocycles. The number of benzene rings is 3. The molecular weight excluding hydrogens is 336 g/mol. The fraction of sp³-hybridized carbons (Fsp3) is 0.130. The molecule has 134 valence electrons. The van der Waals surface area contributed by atoms with E-state index in [2.05, 4.69) is 29.4 Å². The van der Waals surface area contributed by atoms with Crippen molar-refractivity contribution in [2.24, 2.45) is 0 Å². The summed E-state index contributed by atoms with van der Waals surface area (Å²) < 4.78 is 7.01. The number of aromatic nitrogens is 2. The van der Waals surface area contributed by atoms with Gasteiger partial charge >= 0.3 is 5.97 Å². The molecule has 1 heterocycles. The van der Waals surface area contributed by atoms with E-state index in [1.54, 1.807) is 6.92 Å². The third kappa shape index (κ3) is 3.10. The quantitative estimate of drug-likeness (QED) is 0.473. The lowest BCUT2D eigenvalue weighted by Gasteiger charge is -2.12. The fourth-order valence-corrected chi connectivity index (χ4v) is 3.31. The number of hydrogen-bond acceptors (Lipinski definition) is 3. The van der Waals surface area contributed by atoms with Crippen LogP contribution in [-0.4, -0.2) is 22.4 Å². The highest BCUT2D eigenvalue weighted by atomic mass is 16.5. The van der Waals surface area contributed by atoms with E-state index in [-0.39, 0.29) is 0 Å². The molecule has 0 unspecified atom stereocenters. The Morgan fingerprint density at radius 3 is 2.56 bits per heavy atom. The lowest BCUT2D eigenvalue weighted by atomic mass is 10.0. The second-order valence-corrected chi connectivity index (χ2v) is 6.36. The number of ether oxygens (including phenoxy) is 1. The summed E-state index contributed by atoms with van der Waals surface area (Å²) in [5.41, 5.74) is 4.22. The average molecular weight is 356 g/mol. The number of hydrogen-bond donors (Lipinski definition) is 0. The van der Waals surface area contributed by atoms with Gasteiger partial charge in [-0.2, -0.15) is 5.10 Å². The van der Waals surface area contributed by atoms with E-state index in [1.807, 2.05) is 60.1 Å². The molecule has 3 aromatic carbocycles. The molecule has 1 aromatic heterocycles. The first-order chi connectivity index (χ1) is 13.2. The zero-order chi connectivity index (χ0) is 18.8. The van der Waals surface area contributed by atoms with E-state index >= 15 is 0 Å². The summed E-state index contributed by atoms with van der Waals surface area (Å²) in [7, 11) is 0. The third-order valence-electron chi connectivity index (χ3n) is 4.60. The molecule has 0 saturated heterocycles. The Hall–Kier alpha value is -3.40. The minimum absolute atomic E-state index is 0.308. The number of nitrogens with zero attached hydrogens (tertiary/aromatic N) is 2. The van der Waals surface area contributed by atoms with Crippen molar-refractivity contribution >= 4 is 16.7 Å². The van der Waals surface area contributed by atoms with E-state index in [0.29, 0.717) is 12.3 Å². The first-order valence-electron chi connectivity index (χ1n) is 9.00. The molecule has 4 heteroatoms. The molecule has 4 rings (SSSR count). The van der Waals surface area contributed by atoms with E-state index in [9.17, 15) is 4.79 Å². The molecule has 4 nitrogen and oxygen atoms in total. The molecule has 0 aliphatic heterocycles. The molecule has 0 aliphatic carbocycles. The normalized spacial score (nSPS) is 10.9. The molecule has 0 spiro atoms. The number of aryl methyl sites for hydroxylation is 1. The van der Waals surface area contributed by atoms with Crippen LogP contribution in [0.1, 0.15) is 23.0 Å². The first kappa shape index (κ1) is 17.0. The lowest BCUT2D eigenvalue weighted by molar-refractivity contribution is 0.0519. The smallest absolute Gasteiger partial charge is 0.358 e. The van der Waals surface area contributed by atoms with Crippen molar-refractivity contribution in [2.75, 3.05) is 6.61 Å². The minimum Gasteiger partial charge on any atom is -0.461 e. The number of para-hydroxylation sites is 1. The van der Waals surface area contributed by atoms with Crippen LogP contribution in [-0.2, 0) is 4.74 Å². The van der Waals surface area contributed by atoms with Gasteiger partial charge in [-0.15, -0.1) is 0 Å². The van der Waals surface area contributed by atoms with Crippen molar-refractivity contribution in [1.29, 1.82) is 0 Å². The number of esters is 1. The zero-order valence-corrected chi connectivity index (χ0v) is 15.3. The fourth-order valence-electron chi connectivity index (χ4n) is 3.31. The van der Waals surface area contributed by atoms with Crippen LogP contribution in [0.15, 0.2) is 72.8 Å². The van der Waals surface area contributed by atoms with Gasteiger partial charge in [-0.25, -0.2) is 9.48 Å². The SMILES string of the molecule is CCOC(=O)c1cc(-c2cccc3ccccc23)n(-c2ccccc2C)n1. The zero-order valence-electron chi connectivity index (χ0n) is 15.3. The summed E-state index contributed by atoms with van der Waals surface area (Å²) in [5.74, 6) is -0.411. The third-order valence-corrected chi connectivity index (χ3v) is 4.60. The van der Waals surface area contributed by atoms with Crippen molar-refractivity contribution in [3.8, 4) is 16.9 Å². The van der Waals surface area contributed by atoms with Gasteiger partial charge in [0.25, 0.3) is 0 Å². The van der Waals surface area contributed by atoms with Crippen molar-refractivity contribution in [3.05, 3.63) is 84.1 Å². The van der Waals surface area contributed by atoms with Crippen molar-refractivity contribution in [2.45, 2.75) is 13.8 Å². The van der Waals surface area contributed by atoms with Gasteiger partial charge in [0, 0.05) is 5.56 Å². The van der Waals surface area contributed by atoms with Gasteiger partial charge in [-0.05, 0) is 42.3 Å². The van der Waals surface area contributed by atoms with Crippen LogP contribution in [0, 0.1) is 6.92 Å². The first-order valence-corrected chi connectivity index (χ1v) is 9.00. The molecule has 0 radical (unpaired) electrons. The second kappa shape index (κ2) is 7.08. The predicted octanol–water partition coefficient (Wildman–Crippen LogP) is 5.18. The van der Waals surface area contributed by atoms with E-state index < -0.39 is 5.97 Å². The maximum atomic E-state index is 12.3. The molecule has 0 aliphatic rings. The van der Waals surface area contributed by atoms with Crippen LogP contribution in [0.2, 0.25) is 0 Å². The van der Waals surface area contributed by atoms with Crippen molar-refractivity contribution < 1.29 is 9.53 Å². The molecular formula is C23H20N2O2. The second-order valence-electron chi connectivity index (χ2n) is 6.36. The standard InChI is InChI=1S/C23H20N2O2/c1-3-27-23(26)20-15-22(25(24-20)21-14-7-4-9-16(21)2)19-13-8-11-17-10-5-6-12-18(17)19/h4-15H,3H2,1-2H3.